The predicted octanol–water partition coefficient (Wildman–Crippen LogP) is 2.30. The third-order valence-corrected chi connectivity index (χ3v) is 5.30. The van der Waals surface area contributed by atoms with Crippen LogP contribution in [0.1, 0.15) is 10.4 Å². The number of fused-ring (bicyclic) bond motifs is 1. The van der Waals surface area contributed by atoms with Crippen LogP contribution in [0, 0.1) is 6.92 Å². The van der Waals surface area contributed by atoms with Crippen LogP contribution < -0.4 is 10.5 Å². The molecule has 0 atom stereocenters. The Kier molecular flexibility index (Phi) is 4.29. The number of benzene rings is 1. The summed E-state index contributed by atoms with van der Waals surface area (Å²) in [7, 11) is -3.64. The highest BCUT2D eigenvalue weighted by atomic mass is 32.2. The van der Waals surface area contributed by atoms with E-state index < -0.39 is 10.0 Å². The number of nitrogens with zero attached hydrogens (tertiary/aromatic N) is 2. The van der Waals surface area contributed by atoms with E-state index in [-0.39, 0.29) is 4.90 Å². The third-order valence-electron chi connectivity index (χ3n) is 3.41. The average Bonchev–Trinajstić information content (AvgIpc) is 2.88. The lowest BCUT2D eigenvalue weighted by Crippen LogP contribution is -2.12. The van der Waals surface area contributed by atoms with E-state index >= 15 is 0 Å². The van der Waals surface area contributed by atoms with Gasteiger partial charge in [-0.05, 0) is 37.1 Å². The van der Waals surface area contributed by atoms with Gasteiger partial charge in [0.05, 0.1) is 10.3 Å². The number of rotatable bonds is 5. The van der Waals surface area contributed by atoms with Crippen molar-refractivity contribution >= 4 is 37.4 Å². The van der Waals surface area contributed by atoms with E-state index in [1.807, 2.05) is 6.92 Å². The lowest BCUT2D eigenvalue weighted by Gasteiger charge is -2.07. The normalized spacial score (nSPS) is 11.7. The summed E-state index contributed by atoms with van der Waals surface area (Å²) in [6.07, 6.45) is 2.31. The first kappa shape index (κ1) is 15.9. The molecule has 0 aliphatic carbocycles. The maximum absolute atomic E-state index is 11.2. The van der Waals surface area contributed by atoms with E-state index in [1.165, 1.54) is 17.0 Å². The molecule has 0 bridgehead atoms. The fraction of sp³-hybridized carbons (Fsp3) is 0.200. The highest BCUT2D eigenvalue weighted by Gasteiger charge is 2.08. The first-order valence-electron chi connectivity index (χ1n) is 7.00. The molecule has 2 aromatic heterocycles. The van der Waals surface area contributed by atoms with Crippen LogP contribution in [0.4, 0.5) is 5.82 Å². The van der Waals surface area contributed by atoms with E-state index in [4.69, 9.17) is 5.14 Å². The Morgan fingerprint density at radius 1 is 1.22 bits per heavy atom. The van der Waals surface area contributed by atoms with Gasteiger partial charge in [-0.25, -0.2) is 23.5 Å². The second kappa shape index (κ2) is 6.23. The van der Waals surface area contributed by atoms with Gasteiger partial charge in [-0.1, -0.05) is 12.1 Å². The molecule has 2 heterocycles. The topological polar surface area (TPSA) is 98.0 Å². The molecule has 0 aliphatic rings. The Morgan fingerprint density at radius 2 is 1.96 bits per heavy atom. The molecule has 0 amide bonds. The van der Waals surface area contributed by atoms with Gasteiger partial charge in [0.15, 0.2) is 0 Å². The van der Waals surface area contributed by atoms with Gasteiger partial charge in [-0.2, -0.15) is 0 Å². The summed E-state index contributed by atoms with van der Waals surface area (Å²) in [5.74, 6) is 0.820. The van der Waals surface area contributed by atoms with Crippen molar-refractivity contribution in [1.82, 2.24) is 9.97 Å². The number of nitrogens with one attached hydrogen (secondary N) is 1. The minimum Gasteiger partial charge on any atom is -0.369 e. The number of hydrogen-bond donors (Lipinski definition) is 2. The van der Waals surface area contributed by atoms with Crippen LogP contribution in [0.5, 0.6) is 0 Å². The number of aryl methyl sites for hydroxylation is 1. The number of nitrogens with two attached hydrogens (primary N) is 1. The Bertz CT molecular complexity index is 934. The predicted molar refractivity (Wildman–Crippen MR) is 92.2 cm³/mol. The van der Waals surface area contributed by atoms with E-state index in [0.717, 1.165) is 28.0 Å². The van der Waals surface area contributed by atoms with Gasteiger partial charge < -0.3 is 5.32 Å². The molecule has 1 aromatic carbocycles. The summed E-state index contributed by atoms with van der Waals surface area (Å²) >= 11 is 1.64. The van der Waals surface area contributed by atoms with Gasteiger partial charge in [0.25, 0.3) is 0 Å². The second-order valence-electron chi connectivity index (χ2n) is 5.16. The molecule has 0 fully saturated rings. The van der Waals surface area contributed by atoms with Crippen LogP contribution in [0.3, 0.4) is 0 Å². The fourth-order valence-corrected chi connectivity index (χ4v) is 3.65. The largest absolute Gasteiger partial charge is 0.369 e. The third kappa shape index (κ3) is 3.66. The molecule has 8 heteroatoms. The lowest BCUT2D eigenvalue weighted by atomic mass is 10.1. The number of hydrogen-bond acceptors (Lipinski definition) is 6. The number of thiophene rings is 1. The second-order valence-corrected chi connectivity index (χ2v) is 7.96. The number of anilines is 1. The summed E-state index contributed by atoms with van der Waals surface area (Å²) in [4.78, 5) is 10.8. The van der Waals surface area contributed by atoms with Crippen LogP contribution >= 0.6 is 11.3 Å². The molecular weight excluding hydrogens is 332 g/mol. The average molecular weight is 348 g/mol. The van der Waals surface area contributed by atoms with E-state index in [0.29, 0.717) is 6.54 Å². The zero-order chi connectivity index (χ0) is 16.4. The van der Waals surface area contributed by atoms with Gasteiger partial charge in [0.2, 0.25) is 10.0 Å². The van der Waals surface area contributed by atoms with Crippen molar-refractivity contribution in [3.8, 4) is 0 Å². The van der Waals surface area contributed by atoms with Crippen molar-refractivity contribution in [2.75, 3.05) is 11.9 Å². The molecule has 0 aliphatic heterocycles. The Hall–Kier alpha value is -2.03. The van der Waals surface area contributed by atoms with Crippen molar-refractivity contribution in [3.05, 3.63) is 47.1 Å². The molecule has 6 nitrogen and oxygen atoms in total. The van der Waals surface area contributed by atoms with Gasteiger partial charge in [-0.15, -0.1) is 11.3 Å². The molecule has 0 saturated carbocycles. The van der Waals surface area contributed by atoms with Crippen LogP contribution in [-0.4, -0.2) is 24.9 Å². The molecular formula is C15H16N4O2S2. The summed E-state index contributed by atoms with van der Waals surface area (Å²) in [6.45, 7) is 2.74. The maximum atomic E-state index is 11.2. The lowest BCUT2D eigenvalue weighted by molar-refractivity contribution is 0.598. The van der Waals surface area contributed by atoms with Crippen molar-refractivity contribution in [1.29, 1.82) is 0 Å². The van der Waals surface area contributed by atoms with Gasteiger partial charge in [0.1, 0.15) is 17.0 Å². The SMILES string of the molecule is Cc1cc2c(NCCc3ccc(S(N)(=O)=O)cc3)ncnc2s1. The van der Waals surface area contributed by atoms with Crippen molar-refractivity contribution in [2.45, 2.75) is 18.2 Å². The quantitative estimate of drug-likeness (QED) is 0.737. The highest BCUT2D eigenvalue weighted by Crippen LogP contribution is 2.27. The molecule has 0 unspecified atom stereocenters. The molecule has 0 radical (unpaired) electrons. The van der Waals surface area contributed by atoms with E-state index in [1.54, 1.807) is 29.8 Å². The highest BCUT2D eigenvalue weighted by molar-refractivity contribution is 7.89. The van der Waals surface area contributed by atoms with Gasteiger partial charge >= 0.3 is 0 Å². The van der Waals surface area contributed by atoms with Crippen LogP contribution in [0.15, 0.2) is 41.6 Å². The maximum Gasteiger partial charge on any atom is 0.238 e. The molecule has 0 spiro atoms. The summed E-state index contributed by atoms with van der Waals surface area (Å²) in [5.41, 5.74) is 1.02. The van der Waals surface area contributed by atoms with Crippen molar-refractivity contribution < 1.29 is 8.42 Å². The monoisotopic (exact) mass is 348 g/mol. The fourth-order valence-electron chi connectivity index (χ4n) is 2.29. The molecule has 3 aromatic rings. The van der Waals surface area contributed by atoms with Gasteiger partial charge in [0, 0.05) is 11.4 Å². The zero-order valence-electron chi connectivity index (χ0n) is 12.5. The van der Waals surface area contributed by atoms with Crippen molar-refractivity contribution in [2.24, 2.45) is 5.14 Å². The number of sulfonamides is 1. The van der Waals surface area contributed by atoms with E-state index in [9.17, 15) is 8.42 Å². The van der Waals surface area contributed by atoms with Crippen molar-refractivity contribution in [3.63, 3.8) is 0 Å². The van der Waals surface area contributed by atoms with E-state index in [2.05, 4.69) is 21.4 Å². The molecule has 3 rings (SSSR count). The Balaban J connectivity index is 1.67. The smallest absolute Gasteiger partial charge is 0.238 e. The van der Waals surface area contributed by atoms with Crippen LogP contribution in [0.2, 0.25) is 0 Å². The summed E-state index contributed by atoms with van der Waals surface area (Å²) < 4.78 is 22.4. The first-order valence-corrected chi connectivity index (χ1v) is 9.36. The minimum absolute atomic E-state index is 0.125. The minimum atomic E-state index is -3.64. The van der Waals surface area contributed by atoms with Crippen LogP contribution in [-0.2, 0) is 16.4 Å². The Morgan fingerprint density at radius 3 is 2.65 bits per heavy atom. The molecule has 23 heavy (non-hydrogen) atoms. The summed E-state index contributed by atoms with van der Waals surface area (Å²) in [6, 6.07) is 8.66. The standard InChI is InChI=1S/C15H16N4O2S2/c1-10-8-13-14(18-9-19-15(13)22-10)17-7-6-11-2-4-12(5-3-11)23(16,20)21/h2-5,8-9H,6-7H2,1H3,(H2,16,20,21)(H,17,18,19). The number of primary sulfonamides is 1. The molecule has 120 valence electrons. The first-order chi connectivity index (χ1) is 10.9. The molecule has 3 N–H and O–H groups in total. The zero-order valence-corrected chi connectivity index (χ0v) is 14.1. The number of aromatic nitrogens is 2. The Labute approximate surface area is 138 Å². The van der Waals surface area contributed by atoms with Crippen LogP contribution in [0.25, 0.3) is 10.2 Å². The molecule has 0 saturated heterocycles. The van der Waals surface area contributed by atoms with Gasteiger partial charge in [-0.3, -0.25) is 0 Å². The summed E-state index contributed by atoms with van der Waals surface area (Å²) in [5, 5.41) is 9.42.